The first-order chi connectivity index (χ1) is 13.0. The SMILES string of the molecule is CC/C=C/CCC(O)C[N+](CCCCC)(CCCCC)CCCCC(=O)O. The van der Waals surface area contributed by atoms with E-state index in [2.05, 4.69) is 32.9 Å². The summed E-state index contributed by atoms with van der Waals surface area (Å²) >= 11 is 0. The molecular formula is C23H46NO3+. The zero-order valence-corrected chi connectivity index (χ0v) is 18.3. The fourth-order valence-corrected chi connectivity index (χ4v) is 3.84. The number of carboxylic acid groups (broad SMARTS) is 1. The van der Waals surface area contributed by atoms with E-state index in [-0.39, 0.29) is 12.5 Å². The summed E-state index contributed by atoms with van der Waals surface area (Å²) < 4.78 is 0.971. The maximum atomic E-state index is 10.8. The standard InChI is InChI=1S/C23H45NO3/c1-4-7-10-11-16-22(25)21-24(18-13-8-5-2,19-14-9-6-3)20-15-12-17-23(26)27/h7,10,22,25H,4-6,8-9,11-21H2,1-3H3/p+1/b10-7+. The Morgan fingerprint density at radius 1 is 0.889 bits per heavy atom. The van der Waals surface area contributed by atoms with Crippen molar-refractivity contribution in [3.8, 4) is 0 Å². The largest absolute Gasteiger partial charge is 0.481 e. The molecule has 0 amide bonds. The summed E-state index contributed by atoms with van der Waals surface area (Å²) in [5.41, 5.74) is 0. The van der Waals surface area contributed by atoms with E-state index >= 15 is 0 Å². The van der Waals surface area contributed by atoms with Crippen LogP contribution in [0.2, 0.25) is 0 Å². The van der Waals surface area contributed by atoms with Crippen molar-refractivity contribution in [3.63, 3.8) is 0 Å². The molecule has 0 aliphatic rings. The monoisotopic (exact) mass is 384 g/mol. The molecule has 0 bridgehead atoms. The van der Waals surface area contributed by atoms with E-state index in [1.165, 1.54) is 38.5 Å². The zero-order chi connectivity index (χ0) is 20.4. The van der Waals surface area contributed by atoms with Gasteiger partial charge in [-0.3, -0.25) is 4.79 Å². The summed E-state index contributed by atoms with van der Waals surface area (Å²) in [6.45, 7) is 10.6. The minimum atomic E-state index is -0.701. The zero-order valence-electron chi connectivity index (χ0n) is 18.3. The second-order valence-electron chi connectivity index (χ2n) is 8.07. The van der Waals surface area contributed by atoms with Crippen molar-refractivity contribution >= 4 is 5.97 Å². The minimum Gasteiger partial charge on any atom is -0.481 e. The second-order valence-corrected chi connectivity index (χ2v) is 8.07. The molecule has 0 radical (unpaired) electrons. The highest BCUT2D eigenvalue weighted by molar-refractivity contribution is 5.66. The van der Waals surface area contributed by atoms with Gasteiger partial charge in [0.25, 0.3) is 0 Å². The molecule has 0 saturated carbocycles. The van der Waals surface area contributed by atoms with Crippen molar-refractivity contribution in [1.82, 2.24) is 0 Å². The summed E-state index contributed by atoms with van der Waals surface area (Å²) in [5.74, 6) is -0.701. The number of quaternary nitrogens is 1. The van der Waals surface area contributed by atoms with Crippen LogP contribution in [0.15, 0.2) is 12.2 Å². The second kappa shape index (κ2) is 17.2. The molecule has 0 aromatic rings. The maximum absolute atomic E-state index is 10.8. The number of aliphatic hydroxyl groups is 1. The van der Waals surface area contributed by atoms with Crippen molar-refractivity contribution in [1.29, 1.82) is 0 Å². The number of allylic oxidation sites excluding steroid dienone is 2. The smallest absolute Gasteiger partial charge is 0.303 e. The van der Waals surface area contributed by atoms with Gasteiger partial charge in [-0.2, -0.15) is 0 Å². The molecule has 1 unspecified atom stereocenters. The van der Waals surface area contributed by atoms with Crippen LogP contribution in [0.1, 0.15) is 97.8 Å². The lowest BCUT2D eigenvalue weighted by atomic mass is 10.1. The molecule has 0 saturated heterocycles. The topological polar surface area (TPSA) is 57.5 Å². The first kappa shape index (κ1) is 26.1. The molecule has 1 atom stereocenters. The van der Waals surface area contributed by atoms with Gasteiger partial charge in [0.15, 0.2) is 0 Å². The van der Waals surface area contributed by atoms with Gasteiger partial charge in [-0.15, -0.1) is 0 Å². The highest BCUT2D eigenvalue weighted by Gasteiger charge is 2.29. The summed E-state index contributed by atoms with van der Waals surface area (Å²) in [4.78, 5) is 10.8. The van der Waals surface area contributed by atoms with E-state index in [1.54, 1.807) is 0 Å². The Morgan fingerprint density at radius 3 is 1.93 bits per heavy atom. The normalized spacial score (nSPS) is 13.3. The number of aliphatic carboxylic acids is 1. The summed E-state index contributed by atoms with van der Waals surface area (Å²) in [6.07, 6.45) is 16.1. The van der Waals surface area contributed by atoms with E-state index in [0.29, 0.717) is 0 Å². The van der Waals surface area contributed by atoms with E-state index in [4.69, 9.17) is 5.11 Å². The van der Waals surface area contributed by atoms with Crippen LogP contribution in [0.3, 0.4) is 0 Å². The van der Waals surface area contributed by atoms with Gasteiger partial charge >= 0.3 is 5.97 Å². The number of hydrogen-bond acceptors (Lipinski definition) is 2. The molecule has 0 rings (SSSR count). The summed E-state index contributed by atoms with van der Waals surface area (Å²) in [6, 6.07) is 0. The van der Waals surface area contributed by atoms with Crippen LogP contribution in [-0.2, 0) is 4.79 Å². The highest BCUT2D eigenvalue weighted by Crippen LogP contribution is 2.19. The van der Waals surface area contributed by atoms with Crippen molar-refractivity contribution < 1.29 is 19.5 Å². The van der Waals surface area contributed by atoms with Crippen LogP contribution >= 0.6 is 0 Å². The number of carbonyl (C=O) groups is 1. The Bertz CT molecular complexity index is 372. The van der Waals surface area contributed by atoms with E-state index in [1.807, 2.05) is 0 Å². The van der Waals surface area contributed by atoms with Gasteiger partial charge in [-0.25, -0.2) is 0 Å². The van der Waals surface area contributed by atoms with Crippen molar-refractivity contribution in [2.45, 2.75) is 104 Å². The molecule has 27 heavy (non-hydrogen) atoms. The van der Waals surface area contributed by atoms with Crippen molar-refractivity contribution in [3.05, 3.63) is 12.2 Å². The molecule has 160 valence electrons. The van der Waals surface area contributed by atoms with Crippen LogP contribution < -0.4 is 0 Å². The molecule has 0 heterocycles. The van der Waals surface area contributed by atoms with Crippen LogP contribution in [0.5, 0.6) is 0 Å². The number of hydrogen-bond donors (Lipinski definition) is 2. The lowest BCUT2D eigenvalue weighted by molar-refractivity contribution is -0.931. The lowest BCUT2D eigenvalue weighted by Gasteiger charge is -2.41. The number of nitrogens with zero attached hydrogens (tertiary/aromatic N) is 1. The molecular weight excluding hydrogens is 338 g/mol. The Balaban J connectivity index is 4.90. The number of unbranched alkanes of at least 4 members (excludes halogenated alkanes) is 5. The van der Waals surface area contributed by atoms with Gasteiger partial charge in [-0.05, 0) is 57.8 Å². The van der Waals surface area contributed by atoms with E-state index < -0.39 is 5.97 Å². The summed E-state index contributed by atoms with van der Waals surface area (Å²) in [5, 5.41) is 19.6. The molecule has 2 N–H and O–H groups in total. The van der Waals surface area contributed by atoms with Gasteiger partial charge in [0.2, 0.25) is 0 Å². The van der Waals surface area contributed by atoms with Gasteiger partial charge in [0, 0.05) is 6.42 Å². The van der Waals surface area contributed by atoms with Crippen LogP contribution in [0.4, 0.5) is 0 Å². The first-order valence-corrected chi connectivity index (χ1v) is 11.4. The Labute approximate surface area is 168 Å². The average molecular weight is 385 g/mol. The van der Waals surface area contributed by atoms with E-state index in [9.17, 15) is 9.90 Å². The third-order valence-electron chi connectivity index (χ3n) is 5.41. The number of carboxylic acids is 1. The third kappa shape index (κ3) is 14.8. The maximum Gasteiger partial charge on any atom is 0.303 e. The van der Waals surface area contributed by atoms with Gasteiger partial charge in [0.05, 0.1) is 19.6 Å². The predicted molar refractivity (Wildman–Crippen MR) is 115 cm³/mol. The minimum absolute atomic E-state index is 0.258. The summed E-state index contributed by atoms with van der Waals surface area (Å²) in [7, 11) is 0. The molecule has 0 aromatic carbocycles. The van der Waals surface area contributed by atoms with E-state index in [0.717, 1.165) is 62.8 Å². The molecule has 0 aliphatic carbocycles. The third-order valence-corrected chi connectivity index (χ3v) is 5.41. The predicted octanol–water partition coefficient (Wildman–Crippen LogP) is 5.55. The van der Waals surface area contributed by atoms with Crippen LogP contribution in [0.25, 0.3) is 0 Å². The fraction of sp³-hybridized carbons (Fsp3) is 0.870. The molecule has 0 spiro atoms. The molecule has 4 nitrogen and oxygen atoms in total. The van der Waals surface area contributed by atoms with Crippen LogP contribution in [0, 0.1) is 0 Å². The van der Waals surface area contributed by atoms with Gasteiger partial charge in [-0.1, -0.05) is 45.8 Å². The van der Waals surface area contributed by atoms with Crippen molar-refractivity contribution in [2.75, 3.05) is 26.2 Å². The molecule has 0 aliphatic heterocycles. The molecule has 0 aromatic heterocycles. The lowest BCUT2D eigenvalue weighted by Crippen LogP contribution is -2.54. The molecule has 4 heteroatoms. The Kier molecular flexibility index (Phi) is 16.7. The first-order valence-electron chi connectivity index (χ1n) is 11.4. The van der Waals surface area contributed by atoms with Gasteiger partial charge < -0.3 is 14.7 Å². The van der Waals surface area contributed by atoms with Crippen LogP contribution in [-0.4, -0.2) is 52.9 Å². The fourth-order valence-electron chi connectivity index (χ4n) is 3.84. The Hall–Kier alpha value is -0.870. The van der Waals surface area contributed by atoms with Crippen molar-refractivity contribution in [2.24, 2.45) is 0 Å². The van der Waals surface area contributed by atoms with Gasteiger partial charge in [0.1, 0.15) is 12.6 Å². The Morgan fingerprint density at radius 2 is 1.44 bits per heavy atom. The quantitative estimate of drug-likeness (QED) is 0.174. The number of aliphatic hydroxyl groups excluding tert-OH is 1. The number of rotatable bonds is 19. The molecule has 0 fully saturated rings. The highest BCUT2D eigenvalue weighted by atomic mass is 16.4. The average Bonchev–Trinajstić information content (AvgIpc) is 2.63.